The van der Waals surface area contributed by atoms with Gasteiger partial charge in [0.1, 0.15) is 0 Å². The van der Waals surface area contributed by atoms with Crippen LogP contribution in [0.4, 0.5) is 5.69 Å². The van der Waals surface area contributed by atoms with Gasteiger partial charge < -0.3 is 5.32 Å². The van der Waals surface area contributed by atoms with Crippen molar-refractivity contribution in [3.8, 4) is 0 Å². The Balaban J connectivity index is 1.79. The number of amides is 1. The van der Waals surface area contributed by atoms with Gasteiger partial charge in [0.05, 0.1) is 0 Å². The Labute approximate surface area is 122 Å². The second-order valence-electron chi connectivity index (χ2n) is 4.90. The Morgan fingerprint density at radius 3 is 2.95 bits per heavy atom. The molecule has 4 heteroatoms. The first-order valence-corrected chi connectivity index (χ1v) is 6.77. The summed E-state index contributed by atoms with van der Waals surface area (Å²) in [5.41, 5.74) is 3.33. The standard InChI is InChI=1S/C17H14N2O2/c20-16(7-3-12-2-1-9-18-11-12)14-4-6-15-13(10-14)5-8-17(21)19-15/h1-4,6-7,9-11H,5,8H2,(H,19,21)/b7-3+. The van der Waals surface area contributed by atoms with Crippen molar-refractivity contribution in [1.29, 1.82) is 0 Å². The number of hydrogen-bond donors (Lipinski definition) is 1. The molecule has 0 aliphatic carbocycles. The van der Waals surface area contributed by atoms with E-state index in [9.17, 15) is 9.59 Å². The number of ketones is 1. The molecule has 1 N–H and O–H groups in total. The molecular weight excluding hydrogens is 264 g/mol. The van der Waals surface area contributed by atoms with Gasteiger partial charge in [0.15, 0.2) is 5.78 Å². The number of allylic oxidation sites excluding steroid dienone is 1. The topological polar surface area (TPSA) is 59.1 Å². The molecule has 21 heavy (non-hydrogen) atoms. The minimum atomic E-state index is -0.0569. The summed E-state index contributed by atoms with van der Waals surface area (Å²) in [6.45, 7) is 0. The lowest BCUT2D eigenvalue weighted by Crippen LogP contribution is -2.19. The number of aryl methyl sites for hydroxylation is 1. The molecule has 1 amide bonds. The summed E-state index contributed by atoms with van der Waals surface area (Å²) < 4.78 is 0. The van der Waals surface area contributed by atoms with Gasteiger partial charge in [-0.3, -0.25) is 14.6 Å². The molecule has 2 aromatic rings. The average molecular weight is 278 g/mol. The number of fused-ring (bicyclic) bond motifs is 1. The number of benzene rings is 1. The van der Waals surface area contributed by atoms with E-state index in [1.54, 1.807) is 36.7 Å². The summed E-state index contributed by atoms with van der Waals surface area (Å²) in [6.07, 6.45) is 7.82. The monoisotopic (exact) mass is 278 g/mol. The predicted molar refractivity (Wildman–Crippen MR) is 81.0 cm³/mol. The molecule has 2 heterocycles. The summed E-state index contributed by atoms with van der Waals surface area (Å²) in [7, 11) is 0. The van der Waals surface area contributed by atoms with Crippen LogP contribution in [0.25, 0.3) is 6.08 Å². The molecule has 0 spiro atoms. The van der Waals surface area contributed by atoms with Crippen LogP contribution >= 0.6 is 0 Å². The number of anilines is 1. The highest BCUT2D eigenvalue weighted by atomic mass is 16.1. The lowest BCUT2D eigenvalue weighted by Gasteiger charge is -2.16. The molecule has 0 fully saturated rings. The highest BCUT2D eigenvalue weighted by Crippen LogP contribution is 2.23. The lowest BCUT2D eigenvalue weighted by molar-refractivity contribution is -0.116. The van der Waals surface area contributed by atoms with Gasteiger partial charge in [0.2, 0.25) is 5.91 Å². The van der Waals surface area contributed by atoms with Gasteiger partial charge in [0, 0.05) is 30.1 Å². The summed E-state index contributed by atoms with van der Waals surface area (Å²) in [5, 5.41) is 2.81. The number of nitrogens with one attached hydrogen (secondary N) is 1. The van der Waals surface area contributed by atoms with Crippen LogP contribution in [0.15, 0.2) is 48.8 Å². The van der Waals surface area contributed by atoms with Gasteiger partial charge in [-0.05, 0) is 54.0 Å². The third kappa shape index (κ3) is 3.05. The SMILES string of the molecule is O=C1CCc2cc(C(=O)/C=C/c3cccnc3)ccc2N1. The number of nitrogens with zero attached hydrogens (tertiary/aromatic N) is 1. The largest absolute Gasteiger partial charge is 0.326 e. The molecule has 1 aromatic carbocycles. The van der Waals surface area contributed by atoms with Crippen molar-refractivity contribution in [1.82, 2.24) is 4.98 Å². The molecule has 1 aliphatic rings. The molecule has 0 atom stereocenters. The highest BCUT2D eigenvalue weighted by Gasteiger charge is 2.15. The zero-order valence-corrected chi connectivity index (χ0v) is 11.4. The van der Waals surface area contributed by atoms with Gasteiger partial charge >= 0.3 is 0 Å². The van der Waals surface area contributed by atoms with Crippen LogP contribution in [-0.4, -0.2) is 16.7 Å². The molecule has 0 unspecified atom stereocenters. The van der Waals surface area contributed by atoms with E-state index < -0.39 is 0 Å². The Hall–Kier alpha value is -2.75. The number of carbonyl (C=O) groups excluding carboxylic acids is 2. The third-order valence-corrected chi connectivity index (χ3v) is 3.40. The Morgan fingerprint density at radius 2 is 2.14 bits per heavy atom. The maximum absolute atomic E-state index is 12.2. The van der Waals surface area contributed by atoms with Crippen LogP contribution in [-0.2, 0) is 11.2 Å². The minimum Gasteiger partial charge on any atom is -0.326 e. The van der Waals surface area contributed by atoms with Crippen LogP contribution in [0.1, 0.15) is 27.9 Å². The fourth-order valence-corrected chi connectivity index (χ4v) is 2.28. The number of carbonyl (C=O) groups is 2. The van der Waals surface area contributed by atoms with E-state index in [2.05, 4.69) is 10.3 Å². The number of hydrogen-bond acceptors (Lipinski definition) is 3. The normalized spacial score (nSPS) is 13.8. The summed E-state index contributed by atoms with van der Waals surface area (Å²) in [6, 6.07) is 9.09. The van der Waals surface area contributed by atoms with E-state index in [-0.39, 0.29) is 11.7 Å². The molecule has 0 bridgehead atoms. The molecule has 1 aliphatic heterocycles. The summed E-state index contributed by atoms with van der Waals surface area (Å²) in [4.78, 5) is 27.5. The van der Waals surface area contributed by atoms with Crippen molar-refractivity contribution in [2.24, 2.45) is 0 Å². The number of rotatable bonds is 3. The maximum Gasteiger partial charge on any atom is 0.224 e. The van der Waals surface area contributed by atoms with Crippen LogP contribution < -0.4 is 5.32 Å². The quantitative estimate of drug-likeness (QED) is 0.693. The lowest BCUT2D eigenvalue weighted by atomic mass is 9.98. The van der Waals surface area contributed by atoms with Gasteiger partial charge in [-0.1, -0.05) is 6.07 Å². The Kier molecular flexibility index (Phi) is 3.60. The van der Waals surface area contributed by atoms with Crippen molar-refractivity contribution in [2.75, 3.05) is 5.32 Å². The second kappa shape index (κ2) is 5.71. The zero-order chi connectivity index (χ0) is 14.7. The van der Waals surface area contributed by atoms with E-state index in [1.807, 2.05) is 18.2 Å². The van der Waals surface area contributed by atoms with Crippen LogP contribution in [0.3, 0.4) is 0 Å². The minimum absolute atomic E-state index is 0.0260. The van der Waals surface area contributed by atoms with E-state index in [1.165, 1.54) is 0 Å². The van der Waals surface area contributed by atoms with E-state index in [0.717, 1.165) is 16.8 Å². The number of pyridine rings is 1. The first-order valence-electron chi connectivity index (χ1n) is 6.77. The van der Waals surface area contributed by atoms with Crippen LogP contribution in [0, 0.1) is 0 Å². The highest BCUT2D eigenvalue weighted by molar-refractivity contribution is 6.07. The fraction of sp³-hybridized carbons (Fsp3) is 0.118. The molecule has 0 radical (unpaired) electrons. The van der Waals surface area contributed by atoms with Gasteiger partial charge in [-0.2, -0.15) is 0 Å². The smallest absolute Gasteiger partial charge is 0.224 e. The van der Waals surface area contributed by atoms with E-state index in [4.69, 9.17) is 0 Å². The zero-order valence-electron chi connectivity index (χ0n) is 11.4. The molecular formula is C17H14N2O2. The van der Waals surface area contributed by atoms with E-state index in [0.29, 0.717) is 18.4 Å². The Morgan fingerprint density at radius 1 is 1.24 bits per heavy atom. The molecule has 3 rings (SSSR count). The third-order valence-electron chi connectivity index (χ3n) is 3.40. The molecule has 0 saturated heterocycles. The molecule has 104 valence electrons. The van der Waals surface area contributed by atoms with Crippen LogP contribution in [0.2, 0.25) is 0 Å². The number of aromatic nitrogens is 1. The average Bonchev–Trinajstić information content (AvgIpc) is 2.53. The van der Waals surface area contributed by atoms with Crippen LogP contribution in [0.5, 0.6) is 0 Å². The van der Waals surface area contributed by atoms with Gasteiger partial charge in [-0.15, -0.1) is 0 Å². The Bertz CT molecular complexity index is 721. The predicted octanol–water partition coefficient (Wildman–Crippen LogP) is 2.86. The fourth-order valence-electron chi connectivity index (χ4n) is 2.28. The molecule has 0 saturated carbocycles. The van der Waals surface area contributed by atoms with Crippen molar-refractivity contribution >= 4 is 23.5 Å². The summed E-state index contributed by atoms with van der Waals surface area (Å²) >= 11 is 0. The first kappa shape index (κ1) is 13.2. The molecule has 1 aromatic heterocycles. The van der Waals surface area contributed by atoms with Crippen molar-refractivity contribution in [2.45, 2.75) is 12.8 Å². The van der Waals surface area contributed by atoms with E-state index >= 15 is 0 Å². The second-order valence-corrected chi connectivity index (χ2v) is 4.90. The van der Waals surface area contributed by atoms with Gasteiger partial charge in [-0.25, -0.2) is 0 Å². The van der Waals surface area contributed by atoms with Crippen molar-refractivity contribution in [3.05, 3.63) is 65.5 Å². The summed E-state index contributed by atoms with van der Waals surface area (Å²) in [5.74, 6) is -0.0309. The molecule has 4 nitrogen and oxygen atoms in total. The van der Waals surface area contributed by atoms with Gasteiger partial charge in [0.25, 0.3) is 0 Å². The maximum atomic E-state index is 12.2. The van der Waals surface area contributed by atoms with Crippen molar-refractivity contribution in [3.63, 3.8) is 0 Å². The first-order chi connectivity index (χ1) is 10.2. The van der Waals surface area contributed by atoms with Crippen molar-refractivity contribution < 1.29 is 9.59 Å².